The number of hydrogen-bond acceptors (Lipinski definition) is 3. The monoisotopic (exact) mass is 340 g/mol. The predicted octanol–water partition coefficient (Wildman–Crippen LogP) is 3.83. The van der Waals surface area contributed by atoms with Crippen molar-refractivity contribution in [3.63, 3.8) is 0 Å². The first-order chi connectivity index (χ1) is 11.7. The summed E-state index contributed by atoms with van der Waals surface area (Å²) in [6, 6.07) is 11.9. The Hall–Kier alpha value is -2.53. The van der Waals surface area contributed by atoms with Gasteiger partial charge in [-0.15, -0.1) is 11.3 Å². The summed E-state index contributed by atoms with van der Waals surface area (Å²) in [4.78, 5) is 13.2. The number of thiophene rings is 1. The van der Waals surface area contributed by atoms with Gasteiger partial charge in [-0.3, -0.25) is 4.79 Å². The Bertz CT molecular complexity index is 822. The predicted molar refractivity (Wildman–Crippen MR) is 97.4 cm³/mol. The molecule has 0 aliphatic carbocycles. The van der Waals surface area contributed by atoms with E-state index in [9.17, 15) is 4.79 Å². The molecule has 0 unspecified atom stereocenters. The summed E-state index contributed by atoms with van der Waals surface area (Å²) >= 11 is 1.45. The molecular formula is C19H20N2O2S. The van der Waals surface area contributed by atoms with Crippen LogP contribution in [0.5, 0.6) is 5.75 Å². The third kappa shape index (κ3) is 3.51. The maximum Gasteiger partial charge on any atom is 0.263 e. The molecule has 4 nitrogen and oxygen atoms in total. The van der Waals surface area contributed by atoms with Gasteiger partial charge in [-0.05, 0) is 48.6 Å². The summed E-state index contributed by atoms with van der Waals surface area (Å²) in [5.74, 6) is 0.819. The van der Waals surface area contributed by atoms with Gasteiger partial charge in [0.2, 0.25) is 0 Å². The molecule has 2 heterocycles. The molecule has 3 rings (SSSR count). The number of rotatable bonds is 6. The van der Waals surface area contributed by atoms with Crippen LogP contribution in [0.15, 0.2) is 54.2 Å². The van der Waals surface area contributed by atoms with Crippen molar-refractivity contribution < 1.29 is 9.53 Å². The number of benzene rings is 1. The normalized spacial score (nSPS) is 10.6. The number of ether oxygens (including phenoxy) is 1. The Morgan fingerprint density at radius 2 is 2.04 bits per heavy atom. The second kappa shape index (κ2) is 7.36. The lowest BCUT2D eigenvalue weighted by Gasteiger charge is -2.11. The van der Waals surface area contributed by atoms with Crippen LogP contribution < -0.4 is 10.1 Å². The number of aromatic nitrogens is 1. The second-order valence-electron chi connectivity index (χ2n) is 5.55. The van der Waals surface area contributed by atoms with E-state index in [1.54, 1.807) is 7.11 Å². The molecule has 1 amide bonds. The first-order valence-electron chi connectivity index (χ1n) is 7.81. The zero-order valence-corrected chi connectivity index (χ0v) is 14.6. The van der Waals surface area contributed by atoms with E-state index in [-0.39, 0.29) is 5.91 Å². The highest BCUT2D eigenvalue weighted by Crippen LogP contribution is 2.22. The lowest BCUT2D eigenvalue weighted by Crippen LogP contribution is -2.25. The summed E-state index contributed by atoms with van der Waals surface area (Å²) in [7, 11) is 1.67. The van der Waals surface area contributed by atoms with Crippen molar-refractivity contribution in [1.29, 1.82) is 0 Å². The summed E-state index contributed by atoms with van der Waals surface area (Å²) in [6.07, 6.45) is 4.62. The quantitative estimate of drug-likeness (QED) is 0.741. The molecule has 0 saturated heterocycles. The smallest absolute Gasteiger partial charge is 0.263 e. The third-order valence-corrected chi connectivity index (χ3v) is 4.75. The highest BCUT2D eigenvalue weighted by Gasteiger charge is 2.14. The number of carbonyl (C=O) groups is 1. The van der Waals surface area contributed by atoms with Gasteiger partial charge in [-0.1, -0.05) is 17.7 Å². The zero-order chi connectivity index (χ0) is 16.9. The van der Waals surface area contributed by atoms with Crippen LogP contribution in [0.4, 0.5) is 0 Å². The molecule has 124 valence electrons. The van der Waals surface area contributed by atoms with Gasteiger partial charge in [0.1, 0.15) is 10.6 Å². The van der Waals surface area contributed by atoms with Gasteiger partial charge in [0, 0.05) is 18.9 Å². The van der Waals surface area contributed by atoms with Gasteiger partial charge in [0.05, 0.1) is 12.8 Å². The molecule has 1 aromatic carbocycles. The number of aryl methyl sites for hydroxylation is 1. The van der Waals surface area contributed by atoms with E-state index in [4.69, 9.17) is 4.74 Å². The van der Waals surface area contributed by atoms with Crippen LogP contribution in [0, 0.1) is 6.92 Å². The van der Waals surface area contributed by atoms with Crippen LogP contribution in [0.3, 0.4) is 0 Å². The molecule has 5 heteroatoms. The topological polar surface area (TPSA) is 43.3 Å². The van der Waals surface area contributed by atoms with Crippen molar-refractivity contribution in [2.24, 2.45) is 0 Å². The highest BCUT2D eigenvalue weighted by atomic mass is 32.1. The molecule has 3 aromatic rings. The molecule has 0 fully saturated rings. The minimum atomic E-state index is -0.0414. The van der Waals surface area contributed by atoms with Crippen molar-refractivity contribution in [3.05, 3.63) is 70.2 Å². The fraction of sp³-hybridized carbons (Fsp3) is 0.211. The molecule has 0 radical (unpaired) electrons. The SMILES string of the molecule is COc1ccc(C)cc1CCNC(=O)c1sccc1-n1cccc1. The van der Waals surface area contributed by atoms with Crippen molar-refractivity contribution in [3.8, 4) is 11.4 Å². The summed E-state index contributed by atoms with van der Waals surface area (Å²) in [5.41, 5.74) is 3.20. The number of carbonyl (C=O) groups excluding carboxylic acids is 1. The Morgan fingerprint density at radius 3 is 2.79 bits per heavy atom. The number of hydrogen-bond donors (Lipinski definition) is 1. The largest absolute Gasteiger partial charge is 0.496 e. The van der Waals surface area contributed by atoms with Crippen molar-refractivity contribution in [1.82, 2.24) is 9.88 Å². The van der Waals surface area contributed by atoms with Crippen LogP contribution in [-0.4, -0.2) is 24.1 Å². The number of amides is 1. The summed E-state index contributed by atoms with van der Waals surface area (Å²) in [6.45, 7) is 2.62. The van der Waals surface area contributed by atoms with Gasteiger partial charge in [-0.2, -0.15) is 0 Å². The van der Waals surface area contributed by atoms with Crippen molar-refractivity contribution >= 4 is 17.2 Å². The van der Waals surface area contributed by atoms with Gasteiger partial charge in [0.25, 0.3) is 5.91 Å². The van der Waals surface area contributed by atoms with E-state index in [1.165, 1.54) is 16.9 Å². The lowest BCUT2D eigenvalue weighted by atomic mass is 10.1. The Balaban J connectivity index is 1.65. The average Bonchev–Trinajstić information content (AvgIpc) is 3.26. The second-order valence-corrected chi connectivity index (χ2v) is 6.46. The van der Waals surface area contributed by atoms with E-state index in [1.807, 2.05) is 52.7 Å². The lowest BCUT2D eigenvalue weighted by molar-refractivity contribution is 0.0958. The van der Waals surface area contributed by atoms with E-state index in [0.29, 0.717) is 6.54 Å². The maximum absolute atomic E-state index is 12.5. The number of nitrogens with one attached hydrogen (secondary N) is 1. The van der Waals surface area contributed by atoms with Crippen molar-refractivity contribution in [2.75, 3.05) is 13.7 Å². The molecule has 0 spiro atoms. The maximum atomic E-state index is 12.5. The van der Waals surface area contributed by atoms with Crippen LogP contribution in [0.1, 0.15) is 20.8 Å². The molecule has 0 bridgehead atoms. The molecule has 0 atom stereocenters. The van der Waals surface area contributed by atoms with Crippen LogP contribution in [0.2, 0.25) is 0 Å². The molecule has 2 aromatic heterocycles. The van der Waals surface area contributed by atoms with E-state index in [0.717, 1.165) is 28.3 Å². The molecule has 0 saturated carbocycles. The Labute approximate surface area is 145 Å². The standard InChI is InChI=1S/C19H20N2O2S/c1-14-5-6-17(23-2)15(13-14)7-9-20-19(22)18-16(8-12-24-18)21-10-3-4-11-21/h3-6,8,10-13H,7,9H2,1-2H3,(H,20,22). The van der Waals surface area contributed by atoms with Crippen molar-refractivity contribution in [2.45, 2.75) is 13.3 Å². The first-order valence-corrected chi connectivity index (χ1v) is 8.69. The van der Waals surface area contributed by atoms with Gasteiger partial charge >= 0.3 is 0 Å². The van der Waals surface area contributed by atoms with Gasteiger partial charge in [-0.25, -0.2) is 0 Å². The Morgan fingerprint density at radius 1 is 1.25 bits per heavy atom. The number of methoxy groups -OCH3 is 1. The van der Waals surface area contributed by atoms with Gasteiger partial charge in [0.15, 0.2) is 0 Å². The third-order valence-electron chi connectivity index (χ3n) is 3.85. The van der Waals surface area contributed by atoms with Crippen LogP contribution in [-0.2, 0) is 6.42 Å². The Kier molecular flexibility index (Phi) is 5.01. The molecule has 24 heavy (non-hydrogen) atoms. The van der Waals surface area contributed by atoms with E-state index >= 15 is 0 Å². The average molecular weight is 340 g/mol. The minimum absolute atomic E-state index is 0.0414. The summed E-state index contributed by atoms with van der Waals surface area (Å²) in [5, 5.41) is 4.95. The minimum Gasteiger partial charge on any atom is -0.496 e. The van der Waals surface area contributed by atoms with Crippen LogP contribution in [0.25, 0.3) is 5.69 Å². The molecule has 1 N–H and O–H groups in total. The molecule has 0 aliphatic heterocycles. The van der Waals surface area contributed by atoms with E-state index < -0.39 is 0 Å². The van der Waals surface area contributed by atoms with Gasteiger partial charge < -0.3 is 14.6 Å². The van der Waals surface area contributed by atoms with Crippen LogP contribution >= 0.6 is 11.3 Å². The number of nitrogens with zero attached hydrogens (tertiary/aromatic N) is 1. The highest BCUT2D eigenvalue weighted by molar-refractivity contribution is 7.12. The molecular weight excluding hydrogens is 320 g/mol. The first kappa shape index (κ1) is 16.3. The summed E-state index contributed by atoms with van der Waals surface area (Å²) < 4.78 is 7.34. The zero-order valence-electron chi connectivity index (χ0n) is 13.8. The fourth-order valence-corrected chi connectivity index (χ4v) is 3.47. The fourth-order valence-electron chi connectivity index (χ4n) is 2.66. The van der Waals surface area contributed by atoms with E-state index in [2.05, 4.69) is 18.3 Å². The molecule has 0 aliphatic rings.